The molecule has 0 amide bonds. The Morgan fingerprint density at radius 3 is 1.03 bits per heavy atom. The van der Waals surface area contributed by atoms with Gasteiger partial charge in [-0.1, -0.05) is 253 Å². The Morgan fingerprint density at radius 2 is 0.610 bits per heavy atom. The van der Waals surface area contributed by atoms with Crippen molar-refractivity contribution in [3.8, 4) is 11.5 Å². The molecule has 0 spiro atoms. The number of carboxylic acids is 7. The summed E-state index contributed by atoms with van der Waals surface area (Å²) in [5.41, 5.74) is 12.3. The third-order valence-corrected chi connectivity index (χ3v) is 17.4. The van der Waals surface area contributed by atoms with Crippen molar-refractivity contribution in [2.45, 2.75) is 273 Å². The Bertz CT molecular complexity index is 3810. The van der Waals surface area contributed by atoms with E-state index in [1.54, 1.807) is 42.5 Å². The summed E-state index contributed by atoms with van der Waals surface area (Å²) in [6, 6.07) is 42.9. The van der Waals surface area contributed by atoms with Crippen molar-refractivity contribution in [1.82, 2.24) is 0 Å². The van der Waals surface area contributed by atoms with E-state index in [1.807, 2.05) is 66.7 Å². The van der Waals surface area contributed by atoms with Crippen LogP contribution in [-0.2, 0) is 117 Å². The van der Waals surface area contributed by atoms with Crippen LogP contribution in [0.25, 0.3) is 6.08 Å². The van der Waals surface area contributed by atoms with Gasteiger partial charge in [-0.3, -0.25) is 0 Å². The fraction of sp³-hybridized carbons (Fsp3) is 0.452. The number of rotatable bonds is 43. The van der Waals surface area contributed by atoms with Crippen molar-refractivity contribution in [1.29, 1.82) is 0 Å². The number of aryl methyl sites for hydroxylation is 8. The van der Waals surface area contributed by atoms with Crippen molar-refractivity contribution in [3.05, 3.63) is 241 Å². The molecule has 0 fully saturated rings. The van der Waals surface area contributed by atoms with E-state index in [0.29, 0.717) is 35.1 Å². The third kappa shape index (κ3) is 70.3. The van der Waals surface area contributed by atoms with E-state index in [-0.39, 0.29) is 275 Å². The standard InChI is InChI=1S/C14H19FO2.C14H20O2.C13H17FO2.2C13H18O3.C13H18O2.C13H16O2.7Na/c1-2-3-4-5-12-10-11(6-8-13(12)15)7-9-14(16)17;1-2-3-4-6-12-7-5-8-13(11-12)9-10-14(15)16;2*1-2-3-4-5-10-6-11(9-13(15)16)8-12(14)7-10;1-2-3-4-5-10-6-7-12(14)11(8-10)9-13(15)16;2*1-2-3-4-6-11-7-5-8-12(9-11)10-13(14)15;;;;;;;/h6,8,10H,2-5,7,9H2,1H3,(H,16,17);5,7-8,11H,2-4,6,9-10H2,1H3,(H,15,16);6-8H,2-5,9H2,1H3,(H,15,16);2*6-8,14H,2-5,9H2,1H3,(H,15,16);5,7-9H,2-4,6,10H2,1H3,(H,14,15);4-9H,2-3,10H2,1H3,(H,14,15);;;;;;;/q;;;;;;;7*+1/p-7/b;;;;;;6-4+;;;;;;;. The van der Waals surface area contributed by atoms with E-state index in [0.717, 1.165) is 173 Å². The molecule has 608 valence electrons. The van der Waals surface area contributed by atoms with Gasteiger partial charge in [-0.05, 0) is 223 Å². The van der Waals surface area contributed by atoms with Crippen LogP contribution in [0.2, 0.25) is 0 Å². The molecule has 0 atom stereocenters. The zero-order valence-corrected chi connectivity index (χ0v) is 87.6. The Balaban J connectivity index is -0.000000241. The largest absolute Gasteiger partial charge is 1.00 e. The summed E-state index contributed by atoms with van der Waals surface area (Å²) in [5, 5.41) is 91.8. The van der Waals surface area contributed by atoms with Crippen molar-refractivity contribution in [2.75, 3.05) is 0 Å². The van der Waals surface area contributed by atoms with Crippen molar-refractivity contribution in [2.24, 2.45) is 0 Å². The maximum absolute atomic E-state index is 13.5. The summed E-state index contributed by atoms with van der Waals surface area (Å²) < 4.78 is 26.6. The first-order chi connectivity index (χ1) is 53.1. The predicted octanol–water partition coefficient (Wildman–Crippen LogP) is -8.44. The molecule has 0 radical (unpaired) electrons. The molecule has 2 N–H and O–H groups in total. The SMILES string of the molecule is CCC/C=C/c1cccc(CC(=O)[O-])c1.CCCCCc1cc(CCC(=O)[O-])ccc1F.CCCCCc1cc(F)cc(CC(=O)[O-])c1.CCCCCc1cc(O)cc(CC(=O)[O-])c1.CCCCCc1ccc(O)c(CC(=O)[O-])c1.CCCCCc1cccc(CC(=O)[O-])c1.CCCCCc1cccc(CCC(=O)[O-])c1.[Na+].[Na+].[Na+].[Na+].[Na+].[Na+].[Na+]. The number of benzene rings is 7. The number of carbonyl (C=O) groups excluding carboxylic acids is 7. The third-order valence-electron chi connectivity index (χ3n) is 17.4. The van der Waals surface area contributed by atoms with Crippen LogP contribution >= 0.6 is 0 Å². The zero-order chi connectivity index (χ0) is 82.6. The maximum atomic E-state index is 13.5. The second-order valence-corrected chi connectivity index (χ2v) is 27.7. The summed E-state index contributed by atoms with van der Waals surface area (Å²) >= 11 is 0. The number of hydrogen-bond donors (Lipinski definition) is 2. The van der Waals surface area contributed by atoms with E-state index in [9.17, 15) is 88.3 Å². The first-order valence-electron chi connectivity index (χ1n) is 39.6. The van der Waals surface area contributed by atoms with Crippen LogP contribution in [-0.4, -0.2) is 52.0 Å². The molecular weight excluding hydrogens is 1570 g/mol. The molecule has 118 heavy (non-hydrogen) atoms. The summed E-state index contributed by atoms with van der Waals surface area (Å²) in [6.45, 7) is 15.0. The summed E-state index contributed by atoms with van der Waals surface area (Å²) in [5.74, 6) is -7.96. The number of hydrogen-bond acceptors (Lipinski definition) is 16. The van der Waals surface area contributed by atoms with E-state index in [2.05, 4.69) is 72.7 Å². The van der Waals surface area contributed by atoms with Crippen molar-refractivity contribution < 1.29 is 295 Å². The Kier molecular flexibility index (Phi) is 89.4. The molecule has 0 aliphatic rings. The average Bonchev–Trinajstić information content (AvgIpc) is 0.936. The van der Waals surface area contributed by atoms with E-state index in [1.165, 1.54) is 73.9 Å². The summed E-state index contributed by atoms with van der Waals surface area (Å²) in [4.78, 5) is 72.9. The minimum Gasteiger partial charge on any atom is -0.550 e. The van der Waals surface area contributed by atoms with E-state index < -0.39 is 41.8 Å². The van der Waals surface area contributed by atoms with Crippen molar-refractivity contribution in [3.63, 3.8) is 0 Å². The van der Waals surface area contributed by atoms with E-state index in [4.69, 9.17) is 0 Å². The number of phenols is 2. The van der Waals surface area contributed by atoms with Gasteiger partial charge in [0.2, 0.25) is 0 Å². The number of allylic oxidation sites excluding steroid dienone is 1. The molecule has 0 unspecified atom stereocenters. The molecule has 7 aromatic rings. The van der Waals surface area contributed by atoms with Gasteiger partial charge in [0.25, 0.3) is 0 Å². The average molecular weight is 1690 g/mol. The van der Waals surface area contributed by atoms with Crippen LogP contribution in [0.1, 0.15) is 268 Å². The van der Waals surface area contributed by atoms with Gasteiger partial charge in [0.05, 0.1) is 0 Å². The Hall–Kier alpha value is -2.97. The Labute approximate surface area is 857 Å². The molecule has 7 aromatic carbocycles. The molecule has 0 aliphatic carbocycles. The second-order valence-electron chi connectivity index (χ2n) is 27.7. The minimum absolute atomic E-state index is 0. The van der Waals surface area contributed by atoms with Gasteiger partial charge < -0.3 is 79.5 Å². The predicted molar refractivity (Wildman–Crippen MR) is 422 cm³/mol. The first-order valence-corrected chi connectivity index (χ1v) is 39.6. The number of aliphatic carboxylic acids is 7. The summed E-state index contributed by atoms with van der Waals surface area (Å²) in [6.07, 6.45) is 32.6. The van der Waals surface area contributed by atoms with Gasteiger partial charge in [0.1, 0.15) is 23.1 Å². The van der Waals surface area contributed by atoms with Gasteiger partial charge in [-0.15, -0.1) is 0 Å². The first kappa shape index (κ1) is 128. The van der Waals surface area contributed by atoms with Crippen LogP contribution < -0.4 is 243 Å². The molecule has 0 heterocycles. The fourth-order valence-corrected chi connectivity index (χ4v) is 11.7. The van der Waals surface area contributed by atoms with Gasteiger partial charge in [-0.25, -0.2) is 8.78 Å². The monoisotopic (exact) mass is 1690 g/mol. The van der Waals surface area contributed by atoms with Gasteiger partial charge >= 0.3 is 207 Å². The van der Waals surface area contributed by atoms with Crippen LogP contribution in [0, 0.1) is 11.6 Å². The molecule has 0 aliphatic heterocycles. The quantitative estimate of drug-likeness (QED) is 0.0265. The number of unbranched alkanes of at least 4 members (excludes halogenated alkanes) is 13. The molecule has 0 aromatic heterocycles. The second kappa shape index (κ2) is 82.3. The van der Waals surface area contributed by atoms with Crippen LogP contribution in [0.3, 0.4) is 0 Å². The number of carbonyl (C=O) groups is 7. The smallest absolute Gasteiger partial charge is 0.550 e. The molecule has 7 rings (SSSR count). The van der Waals surface area contributed by atoms with Crippen LogP contribution in [0.5, 0.6) is 11.5 Å². The molecule has 16 nitrogen and oxygen atoms in total. The van der Waals surface area contributed by atoms with Crippen LogP contribution in [0.4, 0.5) is 8.78 Å². The van der Waals surface area contributed by atoms with Crippen molar-refractivity contribution >= 4 is 47.9 Å². The molecule has 25 heteroatoms. The minimum atomic E-state index is -1.18. The summed E-state index contributed by atoms with van der Waals surface area (Å²) in [7, 11) is 0. The number of phenolic OH excluding ortho intramolecular Hbond substituents is 2. The van der Waals surface area contributed by atoms with Crippen LogP contribution in [0.15, 0.2) is 152 Å². The van der Waals surface area contributed by atoms with Gasteiger partial charge in [-0.2, -0.15) is 0 Å². The Morgan fingerprint density at radius 1 is 0.297 bits per heavy atom. The zero-order valence-electron chi connectivity index (χ0n) is 73.6. The molecule has 0 saturated heterocycles. The topological polar surface area (TPSA) is 321 Å². The number of carboxylic acid groups (broad SMARTS) is 7. The molecular formula is C93H119F2Na7O16. The fourth-order valence-electron chi connectivity index (χ4n) is 11.7. The van der Waals surface area contributed by atoms with Gasteiger partial charge in [0.15, 0.2) is 0 Å². The maximum Gasteiger partial charge on any atom is 1.00 e. The normalized spacial score (nSPS) is 9.77. The van der Waals surface area contributed by atoms with Gasteiger partial charge in [0, 0.05) is 73.9 Å². The number of halogens is 2. The molecule has 0 bridgehead atoms. The number of aromatic hydroxyl groups is 2. The molecule has 0 saturated carbocycles. The van der Waals surface area contributed by atoms with E-state index >= 15 is 0 Å².